The molecule has 0 amide bonds. The smallest absolute Gasteiger partial charge is 0.199 e. The van der Waals surface area contributed by atoms with E-state index in [9.17, 15) is 0 Å². The van der Waals surface area contributed by atoms with Gasteiger partial charge in [-0.3, -0.25) is 9.67 Å². The summed E-state index contributed by atoms with van der Waals surface area (Å²) in [7, 11) is 1.67. The molecule has 5 heteroatoms. The molecule has 1 aromatic heterocycles. The third-order valence-corrected chi connectivity index (χ3v) is 4.65. The minimum absolute atomic E-state index is 0.410. The van der Waals surface area contributed by atoms with Gasteiger partial charge in [0.2, 0.25) is 0 Å². The highest BCUT2D eigenvalue weighted by Crippen LogP contribution is 2.54. The standard InChI is InChI=1S/C18H17N3OS/c1-22-14-9-7-13(8-10-14)21-17(19-20-18(21)23)16-11-15(16)12-5-3-2-4-6-12/h2-10,15-16H,11H2,1H3,(H,20,23). The summed E-state index contributed by atoms with van der Waals surface area (Å²) in [5, 5.41) is 7.43. The lowest BCUT2D eigenvalue weighted by molar-refractivity contribution is 0.414. The zero-order valence-electron chi connectivity index (χ0n) is 12.8. The molecule has 23 heavy (non-hydrogen) atoms. The summed E-state index contributed by atoms with van der Waals surface area (Å²) in [4.78, 5) is 0. The molecule has 4 nitrogen and oxygen atoms in total. The van der Waals surface area contributed by atoms with E-state index in [0.717, 1.165) is 23.7 Å². The van der Waals surface area contributed by atoms with E-state index in [1.165, 1.54) is 5.56 Å². The second-order valence-electron chi connectivity index (χ2n) is 5.78. The molecule has 4 rings (SSSR count). The number of ether oxygens (including phenoxy) is 1. The van der Waals surface area contributed by atoms with Gasteiger partial charge in [0.05, 0.1) is 7.11 Å². The summed E-state index contributed by atoms with van der Waals surface area (Å²) in [6, 6.07) is 18.5. The molecule has 1 aliphatic rings. The molecule has 3 aromatic rings. The topological polar surface area (TPSA) is 42.8 Å². The molecule has 2 unspecified atom stereocenters. The summed E-state index contributed by atoms with van der Waals surface area (Å²) in [6.07, 6.45) is 1.11. The van der Waals surface area contributed by atoms with Crippen molar-refractivity contribution in [1.82, 2.24) is 14.8 Å². The quantitative estimate of drug-likeness (QED) is 0.731. The van der Waals surface area contributed by atoms with Gasteiger partial charge in [-0.15, -0.1) is 0 Å². The van der Waals surface area contributed by atoms with Crippen LogP contribution in [0.3, 0.4) is 0 Å². The first kappa shape index (κ1) is 14.2. The minimum atomic E-state index is 0.410. The highest BCUT2D eigenvalue weighted by atomic mass is 32.1. The first-order valence-electron chi connectivity index (χ1n) is 7.64. The lowest BCUT2D eigenvalue weighted by atomic mass is 10.1. The third-order valence-electron chi connectivity index (χ3n) is 4.38. The number of aromatic nitrogens is 3. The molecular weight excluding hydrogens is 306 g/mol. The fourth-order valence-corrected chi connectivity index (χ4v) is 3.33. The van der Waals surface area contributed by atoms with Crippen LogP contribution in [0.15, 0.2) is 54.6 Å². The van der Waals surface area contributed by atoms with Gasteiger partial charge < -0.3 is 4.74 Å². The molecule has 0 saturated heterocycles. The first-order valence-corrected chi connectivity index (χ1v) is 8.05. The van der Waals surface area contributed by atoms with Crippen molar-refractivity contribution in [3.8, 4) is 11.4 Å². The van der Waals surface area contributed by atoms with Crippen LogP contribution in [0.5, 0.6) is 5.75 Å². The summed E-state index contributed by atoms with van der Waals surface area (Å²) < 4.78 is 7.88. The number of rotatable bonds is 4. The maximum Gasteiger partial charge on any atom is 0.199 e. The van der Waals surface area contributed by atoms with Crippen molar-refractivity contribution >= 4 is 12.2 Å². The fourth-order valence-electron chi connectivity index (χ4n) is 3.09. The number of aromatic amines is 1. The number of hydrogen-bond donors (Lipinski definition) is 1. The zero-order chi connectivity index (χ0) is 15.8. The molecule has 0 bridgehead atoms. The molecule has 1 fully saturated rings. The SMILES string of the molecule is COc1ccc(-n2c(C3CC3c3ccccc3)n[nH]c2=S)cc1. The molecule has 2 atom stereocenters. The summed E-state index contributed by atoms with van der Waals surface area (Å²) in [5.74, 6) is 2.78. The summed E-state index contributed by atoms with van der Waals surface area (Å²) in [6.45, 7) is 0. The predicted molar refractivity (Wildman–Crippen MR) is 91.8 cm³/mol. The number of benzene rings is 2. The van der Waals surface area contributed by atoms with Gasteiger partial charge in [0.15, 0.2) is 4.77 Å². The second kappa shape index (κ2) is 5.66. The van der Waals surface area contributed by atoms with Gasteiger partial charge in [-0.1, -0.05) is 30.3 Å². The van der Waals surface area contributed by atoms with E-state index in [0.29, 0.717) is 16.6 Å². The Morgan fingerprint density at radius 3 is 2.52 bits per heavy atom. The lowest BCUT2D eigenvalue weighted by Crippen LogP contribution is -2.01. The third kappa shape index (κ3) is 2.57. The molecule has 0 spiro atoms. The molecule has 1 N–H and O–H groups in total. The Morgan fingerprint density at radius 2 is 1.83 bits per heavy atom. The van der Waals surface area contributed by atoms with Crippen LogP contribution in [0, 0.1) is 4.77 Å². The Kier molecular flexibility index (Phi) is 3.50. The average Bonchev–Trinajstić information content (AvgIpc) is 3.31. The number of nitrogens with zero attached hydrogens (tertiary/aromatic N) is 2. The van der Waals surface area contributed by atoms with Gasteiger partial charge in [0, 0.05) is 11.6 Å². The van der Waals surface area contributed by atoms with Crippen molar-refractivity contribution < 1.29 is 4.74 Å². The van der Waals surface area contributed by atoms with Gasteiger partial charge in [-0.05, 0) is 54.4 Å². The van der Waals surface area contributed by atoms with E-state index < -0.39 is 0 Å². The Labute approximate surface area is 139 Å². The maximum atomic E-state index is 5.43. The molecule has 116 valence electrons. The Hall–Kier alpha value is -2.40. The molecule has 1 saturated carbocycles. The molecular formula is C18H17N3OS. The Balaban J connectivity index is 1.68. The van der Waals surface area contributed by atoms with E-state index >= 15 is 0 Å². The number of methoxy groups -OCH3 is 1. The van der Waals surface area contributed by atoms with Gasteiger partial charge in [-0.2, -0.15) is 5.10 Å². The van der Waals surface area contributed by atoms with E-state index in [4.69, 9.17) is 17.0 Å². The van der Waals surface area contributed by atoms with Crippen molar-refractivity contribution in [3.63, 3.8) is 0 Å². The van der Waals surface area contributed by atoms with Crippen molar-refractivity contribution in [2.24, 2.45) is 0 Å². The monoisotopic (exact) mass is 323 g/mol. The van der Waals surface area contributed by atoms with Crippen LogP contribution in [0.25, 0.3) is 5.69 Å². The molecule has 0 aliphatic heterocycles. The van der Waals surface area contributed by atoms with Crippen LogP contribution in [0.1, 0.15) is 29.6 Å². The second-order valence-corrected chi connectivity index (χ2v) is 6.17. The lowest BCUT2D eigenvalue weighted by Gasteiger charge is -2.08. The van der Waals surface area contributed by atoms with Gasteiger partial charge in [-0.25, -0.2) is 0 Å². The average molecular weight is 323 g/mol. The number of H-pyrrole nitrogens is 1. The van der Waals surface area contributed by atoms with E-state index in [-0.39, 0.29) is 0 Å². The van der Waals surface area contributed by atoms with Crippen LogP contribution in [-0.2, 0) is 0 Å². The minimum Gasteiger partial charge on any atom is -0.497 e. The van der Waals surface area contributed by atoms with Gasteiger partial charge in [0.1, 0.15) is 11.6 Å². The fraction of sp³-hybridized carbons (Fsp3) is 0.222. The Bertz CT molecular complexity index is 867. The molecule has 0 radical (unpaired) electrons. The highest BCUT2D eigenvalue weighted by molar-refractivity contribution is 7.71. The van der Waals surface area contributed by atoms with Crippen LogP contribution in [0.2, 0.25) is 0 Å². The van der Waals surface area contributed by atoms with Crippen molar-refractivity contribution in [3.05, 3.63) is 70.8 Å². The molecule has 1 heterocycles. The highest BCUT2D eigenvalue weighted by Gasteiger charge is 2.43. The Morgan fingerprint density at radius 1 is 1.09 bits per heavy atom. The number of hydrogen-bond acceptors (Lipinski definition) is 3. The van der Waals surface area contributed by atoms with E-state index in [2.05, 4.69) is 34.5 Å². The predicted octanol–water partition coefficient (Wildman–Crippen LogP) is 4.21. The zero-order valence-corrected chi connectivity index (χ0v) is 13.6. The summed E-state index contributed by atoms with van der Waals surface area (Å²) >= 11 is 5.43. The van der Waals surface area contributed by atoms with E-state index in [1.807, 2.05) is 34.9 Å². The van der Waals surface area contributed by atoms with Crippen molar-refractivity contribution in [2.75, 3.05) is 7.11 Å². The number of nitrogens with one attached hydrogen (secondary N) is 1. The van der Waals surface area contributed by atoms with Crippen LogP contribution in [-0.4, -0.2) is 21.9 Å². The molecule has 1 aliphatic carbocycles. The largest absolute Gasteiger partial charge is 0.497 e. The normalized spacial score (nSPS) is 19.5. The van der Waals surface area contributed by atoms with Gasteiger partial charge in [0.25, 0.3) is 0 Å². The van der Waals surface area contributed by atoms with Crippen LogP contribution >= 0.6 is 12.2 Å². The van der Waals surface area contributed by atoms with E-state index in [1.54, 1.807) is 7.11 Å². The first-order chi connectivity index (χ1) is 11.3. The van der Waals surface area contributed by atoms with Gasteiger partial charge >= 0.3 is 0 Å². The van der Waals surface area contributed by atoms with Crippen LogP contribution < -0.4 is 4.74 Å². The van der Waals surface area contributed by atoms with Crippen LogP contribution in [0.4, 0.5) is 0 Å². The maximum absolute atomic E-state index is 5.43. The molecule has 2 aromatic carbocycles. The van der Waals surface area contributed by atoms with Crippen molar-refractivity contribution in [2.45, 2.75) is 18.3 Å². The summed E-state index contributed by atoms with van der Waals surface area (Å²) in [5.41, 5.74) is 2.38. The van der Waals surface area contributed by atoms with Crippen molar-refractivity contribution in [1.29, 1.82) is 0 Å².